The first-order valence-electron chi connectivity index (χ1n) is 7.53. The predicted molar refractivity (Wildman–Crippen MR) is 81.1 cm³/mol. The van der Waals surface area contributed by atoms with Gasteiger partial charge in [-0.05, 0) is 0 Å². The van der Waals surface area contributed by atoms with E-state index in [0.717, 1.165) is 24.7 Å². The SMILES string of the molecule is CN=C(NCC1CN2CCN1CC2)N(C)Cc1ccon1. The number of fused-ring (bicyclic) bond motifs is 3. The third kappa shape index (κ3) is 3.36. The molecule has 1 aromatic heterocycles. The zero-order valence-electron chi connectivity index (χ0n) is 12.8. The van der Waals surface area contributed by atoms with Crippen LogP contribution >= 0.6 is 0 Å². The summed E-state index contributed by atoms with van der Waals surface area (Å²) in [5.74, 6) is 0.899. The van der Waals surface area contributed by atoms with E-state index in [0.29, 0.717) is 12.6 Å². The third-order valence-corrected chi connectivity index (χ3v) is 4.35. The van der Waals surface area contributed by atoms with Crippen molar-refractivity contribution in [3.05, 3.63) is 18.0 Å². The number of nitrogens with one attached hydrogen (secondary N) is 1. The molecule has 1 N–H and O–H groups in total. The summed E-state index contributed by atoms with van der Waals surface area (Å²) in [6.07, 6.45) is 1.60. The lowest BCUT2D eigenvalue weighted by atomic mass is 10.1. The first kappa shape index (κ1) is 14.3. The fourth-order valence-corrected chi connectivity index (χ4v) is 3.15. The van der Waals surface area contributed by atoms with Crippen molar-refractivity contribution < 1.29 is 4.52 Å². The highest BCUT2D eigenvalue weighted by Gasteiger charge is 2.31. The Morgan fingerprint density at radius 2 is 2.29 bits per heavy atom. The molecule has 0 radical (unpaired) electrons. The Morgan fingerprint density at radius 3 is 2.86 bits per heavy atom. The monoisotopic (exact) mass is 292 g/mol. The van der Waals surface area contributed by atoms with Crippen LogP contribution in [0.2, 0.25) is 0 Å². The summed E-state index contributed by atoms with van der Waals surface area (Å²) in [4.78, 5) is 11.6. The average molecular weight is 292 g/mol. The van der Waals surface area contributed by atoms with Crippen molar-refractivity contribution in [3.63, 3.8) is 0 Å². The maximum absolute atomic E-state index is 4.87. The Labute approximate surface area is 125 Å². The van der Waals surface area contributed by atoms with Crippen molar-refractivity contribution in [2.75, 3.05) is 53.4 Å². The van der Waals surface area contributed by atoms with Crippen LogP contribution in [0.4, 0.5) is 0 Å². The molecule has 7 heteroatoms. The lowest BCUT2D eigenvalue weighted by Crippen LogP contribution is -2.63. The molecule has 0 aliphatic carbocycles. The molecule has 0 aromatic carbocycles. The summed E-state index contributed by atoms with van der Waals surface area (Å²) in [5.41, 5.74) is 0.909. The van der Waals surface area contributed by atoms with Crippen LogP contribution in [0.25, 0.3) is 0 Å². The van der Waals surface area contributed by atoms with Crippen LogP contribution in [-0.4, -0.2) is 85.2 Å². The molecule has 1 unspecified atom stereocenters. The van der Waals surface area contributed by atoms with E-state index in [1.165, 1.54) is 26.2 Å². The number of aliphatic imine (C=N–C) groups is 1. The maximum Gasteiger partial charge on any atom is 0.193 e. The summed E-state index contributed by atoms with van der Waals surface area (Å²) >= 11 is 0. The fraction of sp³-hybridized carbons (Fsp3) is 0.714. The second-order valence-corrected chi connectivity index (χ2v) is 5.77. The van der Waals surface area contributed by atoms with Crippen LogP contribution in [0.1, 0.15) is 5.69 Å². The smallest absolute Gasteiger partial charge is 0.193 e. The predicted octanol–water partition coefficient (Wildman–Crippen LogP) is -0.318. The zero-order chi connectivity index (χ0) is 14.7. The molecule has 3 aliphatic rings. The van der Waals surface area contributed by atoms with Gasteiger partial charge in [-0.15, -0.1) is 0 Å². The molecule has 4 heterocycles. The normalized spacial score (nSPS) is 28.7. The topological polar surface area (TPSA) is 60.1 Å². The molecule has 4 rings (SSSR count). The molecular weight excluding hydrogens is 268 g/mol. The number of hydrogen-bond donors (Lipinski definition) is 1. The van der Waals surface area contributed by atoms with E-state index >= 15 is 0 Å². The zero-order valence-corrected chi connectivity index (χ0v) is 12.8. The summed E-state index contributed by atoms with van der Waals surface area (Å²) in [6.45, 7) is 7.62. The van der Waals surface area contributed by atoms with Gasteiger partial charge in [0.05, 0.1) is 6.54 Å². The highest BCUT2D eigenvalue weighted by atomic mass is 16.5. The second-order valence-electron chi connectivity index (χ2n) is 5.77. The fourth-order valence-electron chi connectivity index (χ4n) is 3.15. The van der Waals surface area contributed by atoms with E-state index in [-0.39, 0.29) is 0 Å². The average Bonchev–Trinajstić information content (AvgIpc) is 3.02. The molecule has 2 bridgehead atoms. The lowest BCUT2D eigenvalue weighted by molar-refractivity contribution is 0.0152. The largest absolute Gasteiger partial charge is 0.364 e. The van der Waals surface area contributed by atoms with Crippen molar-refractivity contribution in [3.8, 4) is 0 Å². The number of guanidine groups is 1. The Hall–Kier alpha value is -1.60. The lowest BCUT2D eigenvalue weighted by Gasteiger charge is -2.47. The number of hydrogen-bond acceptors (Lipinski definition) is 5. The van der Waals surface area contributed by atoms with Gasteiger partial charge in [0.25, 0.3) is 0 Å². The molecule has 0 amide bonds. The highest BCUT2D eigenvalue weighted by molar-refractivity contribution is 5.79. The van der Waals surface area contributed by atoms with Gasteiger partial charge in [-0.2, -0.15) is 0 Å². The molecule has 0 spiro atoms. The summed E-state index contributed by atoms with van der Waals surface area (Å²) < 4.78 is 4.87. The van der Waals surface area contributed by atoms with E-state index in [4.69, 9.17) is 4.52 Å². The van der Waals surface area contributed by atoms with Gasteiger partial charge in [0.2, 0.25) is 0 Å². The van der Waals surface area contributed by atoms with Crippen LogP contribution in [0.15, 0.2) is 21.8 Å². The molecule has 3 fully saturated rings. The number of aromatic nitrogens is 1. The van der Waals surface area contributed by atoms with E-state index in [1.54, 1.807) is 6.26 Å². The van der Waals surface area contributed by atoms with Gasteiger partial charge in [-0.3, -0.25) is 14.8 Å². The van der Waals surface area contributed by atoms with E-state index in [2.05, 4.69) is 30.2 Å². The van der Waals surface area contributed by atoms with Gasteiger partial charge >= 0.3 is 0 Å². The molecule has 3 saturated heterocycles. The molecule has 1 aromatic rings. The minimum atomic E-state index is 0.588. The van der Waals surface area contributed by atoms with Crippen molar-refractivity contribution in [2.45, 2.75) is 12.6 Å². The molecule has 7 nitrogen and oxygen atoms in total. The number of nitrogens with zero attached hydrogens (tertiary/aromatic N) is 5. The van der Waals surface area contributed by atoms with Crippen LogP contribution in [-0.2, 0) is 6.54 Å². The van der Waals surface area contributed by atoms with Crippen molar-refractivity contribution >= 4 is 5.96 Å². The Balaban J connectivity index is 1.50. The Morgan fingerprint density at radius 1 is 1.48 bits per heavy atom. The molecule has 0 saturated carbocycles. The van der Waals surface area contributed by atoms with Crippen molar-refractivity contribution in [1.82, 2.24) is 25.2 Å². The summed E-state index contributed by atoms with van der Waals surface area (Å²) in [5, 5.41) is 7.43. The molecule has 116 valence electrons. The first-order valence-corrected chi connectivity index (χ1v) is 7.53. The van der Waals surface area contributed by atoms with Gasteiger partial charge in [0.1, 0.15) is 12.0 Å². The molecule has 21 heavy (non-hydrogen) atoms. The third-order valence-electron chi connectivity index (χ3n) is 4.35. The first-order chi connectivity index (χ1) is 10.3. The van der Waals surface area contributed by atoms with Gasteiger partial charge in [-0.25, -0.2) is 0 Å². The second kappa shape index (κ2) is 6.44. The quantitative estimate of drug-likeness (QED) is 0.606. The molecule has 1 atom stereocenters. The van der Waals surface area contributed by atoms with Crippen LogP contribution in [0, 0.1) is 0 Å². The van der Waals surface area contributed by atoms with Crippen LogP contribution < -0.4 is 5.32 Å². The Kier molecular flexibility index (Phi) is 4.40. The summed E-state index contributed by atoms with van der Waals surface area (Å²) in [7, 11) is 3.83. The minimum absolute atomic E-state index is 0.588. The Bertz CT molecular complexity index is 466. The minimum Gasteiger partial charge on any atom is -0.364 e. The van der Waals surface area contributed by atoms with Gasteiger partial charge in [0, 0.05) is 65.5 Å². The van der Waals surface area contributed by atoms with E-state index in [9.17, 15) is 0 Å². The van der Waals surface area contributed by atoms with E-state index in [1.807, 2.05) is 20.2 Å². The number of rotatable bonds is 4. The molecule has 3 aliphatic heterocycles. The van der Waals surface area contributed by atoms with E-state index < -0.39 is 0 Å². The highest BCUT2D eigenvalue weighted by Crippen LogP contribution is 2.14. The van der Waals surface area contributed by atoms with Gasteiger partial charge in [0.15, 0.2) is 5.96 Å². The maximum atomic E-state index is 4.87. The van der Waals surface area contributed by atoms with Gasteiger partial charge in [-0.1, -0.05) is 5.16 Å². The van der Waals surface area contributed by atoms with Gasteiger partial charge < -0.3 is 14.7 Å². The number of piperazine rings is 3. The standard InChI is InChI=1S/C14H24N6O/c1-15-14(18(2)10-12-3-8-21-17-12)16-9-13-11-19-4-6-20(13)7-5-19/h3,8,13H,4-7,9-11H2,1-2H3,(H,15,16). The summed E-state index contributed by atoms with van der Waals surface area (Å²) in [6, 6.07) is 2.47. The van der Waals surface area contributed by atoms with Crippen LogP contribution in [0.5, 0.6) is 0 Å². The van der Waals surface area contributed by atoms with Crippen molar-refractivity contribution in [2.24, 2.45) is 4.99 Å². The van der Waals surface area contributed by atoms with Crippen molar-refractivity contribution in [1.29, 1.82) is 0 Å². The molecular formula is C14H24N6O. The van der Waals surface area contributed by atoms with Crippen LogP contribution in [0.3, 0.4) is 0 Å².